The Balaban J connectivity index is 1.95. The average molecular weight is 298 g/mol. The molecule has 1 heterocycles. The topological polar surface area (TPSA) is 49.8 Å². The Labute approximate surface area is 124 Å². The van der Waals surface area contributed by atoms with Crippen molar-refractivity contribution in [2.45, 2.75) is 26.4 Å². The number of likely N-dealkylation sites (tertiary alicyclic amines) is 1. The van der Waals surface area contributed by atoms with Gasteiger partial charge in [-0.1, -0.05) is 11.6 Å². The predicted octanol–water partition coefficient (Wildman–Crippen LogP) is 2.26. The highest BCUT2D eigenvalue weighted by Crippen LogP contribution is 2.23. The quantitative estimate of drug-likeness (QED) is 0.927. The number of aliphatic hydroxyl groups excluding tert-OH is 1. The molecule has 2 unspecified atom stereocenters. The molecule has 0 bridgehead atoms. The number of nitrogens with zero attached hydrogens (tertiary/aromatic N) is 1. The molecule has 5 heteroatoms. The molecule has 0 saturated carbocycles. The third-order valence-corrected chi connectivity index (χ3v) is 4.07. The molecule has 1 amide bonds. The van der Waals surface area contributed by atoms with E-state index in [1.807, 2.05) is 13.0 Å². The zero-order valence-corrected chi connectivity index (χ0v) is 12.6. The molecule has 1 aliphatic heterocycles. The molecule has 0 aliphatic carbocycles. The number of halogens is 1. The summed E-state index contributed by atoms with van der Waals surface area (Å²) >= 11 is 5.96. The maximum atomic E-state index is 12.3. The van der Waals surface area contributed by atoms with Crippen LogP contribution >= 0.6 is 11.6 Å². The van der Waals surface area contributed by atoms with Gasteiger partial charge >= 0.3 is 0 Å². The average Bonchev–Trinajstić information content (AvgIpc) is 2.91. The number of rotatable bonds is 4. The van der Waals surface area contributed by atoms with E-state index in [-0.39, 0.29) is 18.4 Å². The Bertz CT molecular complexity index is 492. The molecule has 0 aromatic heterocycles. The van der Waals surface area contributed by atoms with Crippen LogP contribution in [0.4, 0.5) is 0 Å². The van der Waals surface area contributed by atoms with Gasteiger partial charge in [0.15, 0.2) is 6.10 Å². The lowest BCUT2D eigenvalue weighted by Gasteiger charge is -2.22. The van der Waals surface area contributed by atoms with Crippen molar-refractivity contribution >= 4 is 17.5 Å². The number of aliphatic hydroxyl groups is 1. The van der Waals surface area contributed by atoms with Crippen LogP contribution in [0.25, 0.3) is 0 Å². The van der Waals surface area contributed by atoms with Gasteiger partial charge in [0.25, 0.3) is 5.91 Å². The van der Waals surface area contributed by atoms with Crippen LogP contribution in [-0.2, 0) is 4.79 Å². The molecule has 1 saturated heterocycles. The second kappa shape index (κ2) is 6.46. The molecule has 110 valence electrons. The lowest BCUT2D eigenvalue weighted by atomic mass is 10.1. The third-order valence-electron chi connectivity index (χ3n) is 3.65. The van der Waals surface area contributed by atoms with Crippen LogP contribution in [0.3, 0.4) is 0 Å². The highest BCUT2D eigenvalue weighted by molar-refractivity contribution is 6.31. The highest BCUT2D eigenvalue weighted by Gasteiger charge is 2.29. The van der Waals surface area contributed by atoms with E-state index >= 15 is 0 Å². The second-order valence-electron chi connectivity index (χ2n) is 5.29. The maximum absolute atomic E-state index is 12.3. The van der Waals surface area contributed by atoms with Crippen molar-refractivity contribution in [2.75, 3.05) is 19.7 Å². The molecule has 1 aromatic rings. The minimum Gasteiger partial charge on any atom is -0.481 e. The Hall–Kier alpha value is -1.26. The molecule has 0 radical (unpaired) electrons. The van der Waals surface area contributed by atoms with Crippen molar-refractivity contribution in [1.82, 2.24) is 4.90 Å². The van der Waals surface area contributed by atoms with E-state index < -0.39 is 6.10 Å². The highest BCUT2D eigenvalue weighted by atomic mass is 35.5. The summed E-state index contributed by atoms with van der Waals surface area (Å²) in [5, 5.41) is 9.80. The molecule has 2 rings (SSSR count). The fourth-order valence-electron chi connectivity index (χ4n) is 2.38. The normalized spacial score (nSPS) is 20.0. The van der Waals surface area contributed by atoms with Gasteiger partial charge in [-0.2, -0.15) is 0 Å². The van der Waals surface area contributed by atoms with E-state index in [2.05, 4.69) is 0 Å². The van der Waals surface area contributed by atoms with Crippen LogP contribution in [0.5, 0.6) is 5.75 Å². The van der Waals surface area contributed by atoms with Crippen LogP contribution in [0.15, 0.2) is 18.2 Å². The first-order chi connectivity index (χ1) is 9.51. The van der Waals surface area contributed by atoms with Crippen molar-refractivity contribution in [3.05, 3.63) is 28.8 Å². The lowest BCUT2D eigenvalue weighted by Crippen LogP contribution is -2.39. The number of carbonyl (C=O) groups is 1. The van der Waals surface area contributed by atoms with Crippen LogP contribution in [0.2, 0.25) is 5.02 Å². The summed E-state index contributed by atoms with van der Waals surface area (Å²) in [6, 6.07) is 5.35. The molecule has 0 spiro atoms. The molecule has 20 heavy (non-hydrogen) atoms. The molecule has 1 fully saturated rings. The van der Waals surface area contributed by atoms with Crippen molar-refractivity contribution in [2.24, 2.45) is 5.92 Å². The monoisotopic (exact) mass is 297 g/mol. The van der Waals surface area contributed by atoms with Gasteiger partial charge in [0, 0.05) is 30.6 Å². The Morgan fingerprint density at radius 1 is 1.60 bits per heavy atom. The number of aryl methyl sites for hydroxylation is 1. The van der Waals surface area contributed by atoms with Gasteiger partial charge in [-0.05, 0) is 44.0 Å². The van der Waals surface area contributed by atoms with Crippen LogP contribution in [0, 0.1) is 12.8 Å². The molecule has 1 N–H and O–H groups in total. The minimum atomic E-state index is -0.534. The number of hydrogen-bond acceptors (Lipinski definition) is 3. The van der Waals surface area contributed by atoms with Crippen LogP contribution < -0.4 is 4.74 Å². The number of carbonyl (C=O) groups excluding carboxylic acids is 1. The predicted molar refractivity (Wildman–Crippen MR) is 78.1 cm³/mol. The van der Waals surface area contributed by atoms with Gasteiger partial charge in [-0.25, -0.2) is 0 Å². The van der Waals surface area contributed by atoms with E-state index in [0.29, 0.717) is 23.9 Å². The first kappa shape index (κ1) is 15.1. The molecular formula is C15H20ClNO3. The van der Waals surface area contributed by atoms with Crippen molar-refractivity contribution in [3.63, 3.8) is 0 Å². The van der Waals surface area contributed by atoms with Gasteiger partial charge in [0.1, 0.15) is 5.75 Å². The fraction of sp³-hybridized carbons (Fsp3) is 0.533. The SMILES string of the molecule is Cc1cc(OC(C)C(=O)N2CCC(CO)C2)ccc1Cl. The van der Waals surface area contributed by atoms with E-state index in [1.54, 1.807) is 24.0 Å². The van der Waals surface area contributed by atoms with Gasteiger partial charge in [-0.15, -0.1) is 0 Å². The first-order valence-electron chi connectivity index (χ1n) is 6.83. The largest absolute Gasteiger partial charge is 0.481 e. The fourth-order valence-corrected chi connectivity index (χ4v) is 2.50. The molecular weight excluding hydrogens is 278 g/mol. The van der Waals surface area contributed by atoms with Crippen molar-refractivity contribution in [1.29, 1.82) is 0 Å². The second-order valence-corrected chi connectivity index (χ2v) is 5.70. The van der Waals surface area contributed by atoms with Crippen molar-refractivity contribution < 1.29 is 14.6 Å². The maximum Gasteiger partial charge on any atom is 0.263 e. The summed E-state index contributed by atoms with van der Waals surface area (Å²) < 4.78 is 5.68. The number of amides is 1. The van der Waals surface area contributed by atoms with Gasteiger partial charge in [-0.3, -0.25) is 4.79 Å². The summed E-state index contributed by atoms with van der Waals surface area (Å²) in [4.78, 5) is 14.0. The molecule has 1 aliphatic rings. The van der Waals surface area contributed by atoms with Gasteiger partial charge in [0.2, 0.25) is 0 Å². The standard InChI is InChI=1S/C15H20ClNO3/c1-10-7-13(3-4-14(10)16)20-11(2)15(19)17-6-5-12(8-17)9-18/h3-4,7,11-12,18H,5-6,8-9H2,1-2H3. The Morgan fingerprint density at radius 3 is 2.95 bits per heavy atom. The Kier molecular flexibility index (Phi) is 4.89. The van der Waals surface area contributed by atoms with Crippen LogP contribution in [-0.4, -0.2) is 41.7 Å². The van der Waals surface area contributed by atoms with E-state index in [9.17, 15) is 4.79 Å². The van der Waals surface area contributed by atoms with Gasteiger partial charge < -0.3 is 14.7 Å². The van der Waals surface area contributed by atoms with E-state index in [1.165, 1.54) is 0 Å². The lowest BCUT2D eigenvalue weighted by molar-refractivity contribution is -0.137. The summed E-state index contributed by atoms with van der Waals surface area (Å²) in [5.41, 5.74) is 0.922. The van der Waals surface area contributed by atoms with Crippen LogP contribution in [0.1, 0.15) is 18.9 Å². The summed E-state index contributed by atoms with van der Waals surface area (Å²) in [7, 11) is 0. The molecule has 2 atom stereocenters. The zero-order chi connectivity index (χ0) is 14.7. The van der Waals surface area contributed by atoms with Crippen molar-refractivity contribution in [3.8, 4) is 5.75 Å². The smallest absolute Gasteiger partial charge is 0.263 e. The number of ether oxygens (including phenoxy) is 1. The van der Waals surface area contributed by atoms with E-state index in [4.69, 9.17) is 21.4 Å². The van der Waals surface area contributed by atoms with E-state index in [0.717, 1.165) is 12.0 Å². The first-order valence-corrected chi connectivity index (χ1v) is 7.21. The summed E-state index contributed by atoms with van der Waals surface area (Å²) in [5.74, 6) is 0.808. The van der Waals surface area contributed by atoms with Gasteiger partial charge in [0.05, 0.1) is 0 Å². The number of hydrogen-bond donors (Lipinski definition) is 1. The third kappa shape index (κ3) is 3.44. The molecule has 1 aromatic carbocycles. The zero-order valence-electron chi connectivity index (χ0n) is 11.8. The summed E-state index contributed by atoms with van der Waals surface area (Å²) in [6.45, 7) is 5.09. The summed E-state index contributed by atoms with van der Waals surface area (Å²) in [6.07, 6.45) is 0.322. The Morgan fingerprint density at radius 2 is 2.35 bits per heavy atom. The number of benzene rings is 1. The molecule has 4 nitrogen and oxygen atoms in total. The minimum absolute atomic E-state index is 0.0337.